The van der Waals surface area contributed by atoms with Gasteiger partial charge in [-0.15, -0.1) is 0 Å². The molecule has 2 aromatic rings. The molecule has 1 aromatic heterocycles. The van der Waals surface area contributed by atoms with E-state index in [0.717, 1.165) is 24.2 Å². The van der Waals surface area contributed by atoms with Crippen LogP contribution < -0.4 is 5.32 Å². The van der Waals surface area contributed by atoms with Crippen LogP contribution in [0.25, 0.3) is 5.69 Å². The molecule has 3 rings (SSSR count). The molecule has 1 fully saturated rings. The summed E-state index contributed by atoms with van der Waals surface area (Å²) in [7, 11) is 0. The molecule has 1 N–H and O–H groups in total. The second-order valence-corrected chi connectivity index (χ2v) is 8.96. The molecule has 0 spiro atoms. The average Bonchev–Trinajstić information content (AvgIpc) is 3.16. The fourth-order valence-electron chi connectivity index (χ4n) is 3.68. The highest BCUT2D eigenvalue weighted by Crippen LogP contribution is 2.30. The Morgan fingerprint density at radius 2 is 1.90 bits per heavy atom. The second-order valence-electron chi connectivity index (χ2n) is 8.96. The highest BCUT2D eigenvalue weighted by atomic mass is 16.6. The highest BCUT2D eigenvalue weighted by molar-refractivity contribution is 5.89. The molecule has 0 bridgehead atoms. The van der Waals surface area contributed by atoms with Crippen LogP contribution in [-0.4, -0.2) is 50.9 Å². The minimum absolute atomic E-state index is 0.143. The Morgan fingerprint density at radius 1 is 1.17 bits per heavy atom. The lowest BCUT2D eigenvalue weighted by Gasteiger charge is -2.43. The largest absolute Gasteiger partial charge is 0.444 e. The monoisotopic (exact) mass is 412 g/mol. The maximum Gasteiger partial charge on any atom is 0.411 e. The van der Waals surface area contributed by atoms with Crippen molar-refractivity contribution in [1.82, 2.24) is 20.0 Å². The molecule has 0 radical (unpaired) electrons. The summed E-state index contributed by atoms with van der Waals surface area (Å²) in [5.41, 5.74) is 0.403. The van der Waals surface area contributed by atoms with Crippen molar-refractivity contribution in [2.75, 3.05) is 13.1 Å². The van der Waals surface area contributed by atoms with Gasteiger partial charge in [0.15, 0.2) is 0 Å². The molecule has 30 heavy (non-hydrogen) atoms. The number of nitrogens with one attached hydrogen (secondary N) is 1. The molecule has 1 atom stereocenters. The van der Waals surface area contributed by atoms with E-state index in [1.54, 1.807) is 4.90 Å². The first kappa shape index (κ1) is 21.9. The third-order valence-corrected chi connectivity index (χ3v) is 5.33. The first-order valence-electron chi connectivity index (χ1n) is 10.6. The Bertz CT molecular complexity index is 872. The van der Waals surface area contributed by atoms with Crippen LogP contribution in [0.2, 0.25) is 0 Å². The lowest BCUT2D eigenvalue weighted by Crippen LogP contribution is -2.61. The van der Waals surface area contributed by atoms with Gasteiger partial charge in [-0.1, -0.05) is 18.2 Å². The summed E-state index contributed by atoms with van der Waals surface area (Å²) < 4.78 is 7.36. The first-order valence-corrected chi connectivity index (χ1v) is 10.6. The minimum Gasteiger partial charge on any atom is -0.444 e. The molecule has 7 nitrogen and oxygen atoms in total. The van der Waals surface area contributed by atoms with Gasteiger partial charge in [0.1, 0.15) is 11.1 Å². The van der Waals surface area contributed by atoms with Crippen molar-refractivity contribution in [1.29, 1.82) is 0 Å². The van der Waals surface area contributed by atoms with E-state index < -0.39 is 17.2 Å². The van der Waals surface area contributed by atoms with Gasteiger partial charge in [0.2, 0.25) is 5.91 Å². The van der Waals surface area contributed by atoms with Gasteiger partial charge < -0.3 is 10.1 Å². The summed E-state index contributed by atoms with van der Waals surface area (Å²) in [6.45, 7) is 8.32. The number of likely N-dealkylation sites (tertiary alicyclic amines) is 1. The number of aromatic nitrogens is 2. The zero-order valence-corrected chi connectivity index (χ0v) is 18.4. The second kappa shape index (κ2) is 8.90. The van der Waals surface area contributed by atoms with E-state index in [9.17, 15) is 9.59 Å². The molecule has 7 heteroatoms. The van der Waals surface area contributed by atoms with Gasteiger partial charge >= 0.3 is 6.09 Å². The number of hydrogen-bond acceptors (Lipinski definition) is 4. The summed E-state index contributed by atoms with van der Waals surface area (Å²) in [6.07, 6.45) is 4.51. The number of ether oxygens (including phenoxy) is 1. The van der Waals surface area contributed by atoms with E-state index in [1.165, 1.54) is 0 Å². The summed E-state index contributed by atoms with van der Waals surface area (Å²) in [6, 6.07) is 11.8. The Hall–Kier alpha value is -2.83. The van der Waals surface area contributed by atoms with Gasteiger partial charge in [-0.05, 0) is 65.2 Å². The molecule has 1 aliphatic rings. The maximum absolute atomic E-state index is 13.0. The van der Waals surface area contributed by atoms with Gasteiger partial charge in [0.05, 0.1) is 11.4 Å². The number of nitrogens with zero attached hydrogens (tertiary/aromatic N) is 3. The van der Waals surface area contributed by atoms with Gasteiger partial charge in [-0.3, -0.25) is 9.69 Å². The van der Waals surface area contributed by atoms with Crippen molar-refractivity contribution in [3.63, 3.8) is 0 Å². The van der Waals surface area contributed by atoms with Crippen molar-refractivity contribution in [2.45, 2.75) is 64.5 Å². The van der Waals surface area contributed by atoms with E-state index in [-0.39, 0.29) is 5.91 Å². The Balaban J connectivity index is 1.59. The van der Waals surface area contributed by atoms with Crippen LogP contribution in [0.1, 0.15) is 52.7 Å². The van der Waals surface area contributed by atoms with Crippen molar-refractivity contribution >= 4 is 12.0 Å². The van der Waals surface area contributed by atoms with Crippen LogP contribution in [0.15, 0.2) is 42.6 Å². The van der Waals surface area contributed by atoms with Crippen LogP contribution in [-0.2, 0) is 16.0 Å². The maximum atomic E-state index is 13.0. The number of amides is 2. The predicted octanol–water partition coefficient (Wildman–Crippen LogP) is 3.71. The minimum atomic E-state index is -0.899. The van der Waals surface area contributed by atoms with Gasteiger partial charge in [0.25, 0.3) is 0 Å². The van der Waals surface area contributed by atoms with E-state index in [0.29, 0.717) is 25.9 Å². The molecule has 1 saturated heterocycles. The van der Waals surface area contributed by atoms with Gasteiger partial charge in [0, 0.05) is 25.7 Å². The summed E-state index contributed by atoms with van der Waals surface area (Å²) in [5, 5.41) is 7.57. The van der Waals surface area contributed by atoms with Gasteiger partial charge in [-0.2, -0.15) is 5.10 Å². The Kier molecular flexibility index (Phi) is 6.48. The molecular formula is C23H32N4O3. The zero-order chi connectivity index (χ0) is 21.8. The third-order valence-electron chi connectivity index (χ3n) is 5.33. The van der Waals surface area contributed by atoms with Crippen molar-refractivity contribution in [2.24, 2.45) is 0 Å². The molecule has 1 unspecified atom stereocenters. The fraction of sp³-hybridized carbons (Fsp3) is 0.522. The lowest BCUT2D eigenvalue weighted by atomic mass is 9.87. The smallest absolute Gasteiger partial charge is 0.411 e. The quantitative estimate of drug-likeness (QED) is 0.812. The predicted molar refractivity (Wildman–Crippen MR) is 115 cm³/mol. The number of para-hydroxylation sites is 1. The van der Waals surface area contributed by atoms with Crippen molar-refractivity contribution in [3.05, 3.63) is 48.3 Å². The number of piperidine rings is 1. The Labute approximate surface area is 178 Å². The van der Waals surface area contributed by atoms with E-state index in [1.807, 2.05) is 75.0 Å². The molecule has 2 heterocycles. The number of benzene rings is 1. The highest BCUT2D eigenvalue weighted by Gasteiger charge is 2.45. The van der Waals surface area contributed by atoms with E-state index in [4.69, 9.17) is 4.74 Å². The topological polar surface area (TPSA) is 76.5 Å². The van der Waals surface area contributed by atoms with Gasteiger partial charge in [-0.25, -0.2) is 9.48 Å². The molecule has 0 aliphatic carbocycles. The third kappa shape index (κ3) is 5.20. The molecule has 2 amide bonds. The summed E-state index contributed by atoms with van der Waals surface area (Å²) >= 11 is 0. The first-order chi connectivity index (χ1) is 14.2. The normalized spacial score (nSPS) is 19.4. The van der Waals surface area contributed by atoms with Crippen LogP contribution in [0.5, 0.6) is 0 Å². The number of hydrogen-bond donors (Lipinski definition) is 1. The SMILES string of the molecule is CC(C)(C)OC(=O)N1CCCCC1(C)C(=O)NCCc1ccn(-c2ccccc2)n1. The summed E-state index contributed by atoms with van der Waals surface area (Å²) in [4.78, 5) is 27.3. The number of carbonyl (C=O) groups is 2. The van der Waals surface area contributed by atoms with E-state index >= 15 is 0 Å². The van der Waals surface area contributed by atoms with Crippen molar-refractivity contribution in [3.8, 4) is 5.69 Å². The lowest BCUT2D eigenvalue weighted by molar-refractivity contribution is -0.134. The van der Waals surface area contributed by atoms with E-state index in [2.05, 4.69) is 10.4 Å². The Morgan fingerprint density at radius 3 is 2.60 bits per heavy atom. The standard InChI is InChI=1S/C23H32N4O3/c1-22(2,3)30-21(29)26-16-9-8-14-23(26,4)20(28)24-15-12-18-13-17-27(25-18)19-10-6-5-7-11-19/h5-7,10-11,13,17H,8-9,12,14-16H2,1-4H3,(H,24,28). The number of carbonyl (C=O) groups excluding carboxylic acids is 2. The molecule has 1 aliphatic heterocycles. The number of rotatable bonds is 5. The van der Waals surface area contributed by atoms with Crippen molar-refractivity contribution < 1.29 is 14.3 Å². The molecule has 0 saturated carbocycles. The average molecular weight is 413 g/mol. The van der Waals surface area contributed by atoms with Crippen LogP contribution in [0, 0.1) is 0 Å². The molecule has 162 valence electrons. The van der Waals surface area contributed by atoms with Crippen LogP contribution >= 0.6 is 0 Å². The molecular weight excluding hydrogens is 380 g/mol. The van der Waals surface area contributed by atoms with Crippen LogP contribution in [0.4, 0.5) is 4.79 Å². The fourth-order valence-corrected chi connectivity index (χ4v) is 3.68. The van der Waals surface area contributed by atoms with Crippen LogP contribution in [0.3, 0.4) is 0 Å². The molecule has 1 aromatic carbocycles. The summed E-state index contributed by atoms with van der Waals surface area (Å²) in [5.74, 6) is -0.143. The zero-order valence-electron chi connectivity index (χ0n) is 18.4.